The van der Waals surface area contributed by atoms with Crippen molar-refractivity contribution in [3.05, 3.63) is 80.2 Å². The van der Waals surface area contributed by atoms with Gasteiger partial charge in [0.05, 0.1) is 4.92 Å². The van der Waals surface area contributed by atoms with Gasteiger partial charge in [0.2, 0.25) is 0 Å². The van der Waals surface area contributed by atoms with Crippen LogP contribution < -0.4 is 15.7 Å². The van der Waals surface area contributed by atoms with Crippen LogP contribution in [0.5, 0.6) is 5.75 Å². The van der Waals surface area contributed by atoms with Crippen molar-refractivity contribution >= 4 is 28.5 Å². The van der Waals surface area contributed by atoms with Crippen LogP contribution in [0, 0.1) is 10.1 Å². The molecule has 1 heterocycles. The number of hydrogen-bond donors (Lipinski definition) is 1. The molecule has 0 spiro atoms. The van der Waals surface area contributed by atoms with Crippen molar-refractivity contribution in [2.24, 2.45) is 0 Å². The molecule has 2 aromatic carbocycles. The fraction of sp³-hybridized carbons (Fsp3) is 0.190. The number of esters is 1. The van der Waals surface area contributed by atoms with Gasteiger partial charge in [-0.15, -0.1) is 0 Å². The van der Waals surface area contributed by atoms with Gasteiger partial charge in [0.1, 0.15) is 22.5 Å². The van der Waals surface area contributed by atoms with E-state index in [0.29, 0.717) is 11.8 Å². The van der Waals surface area contributed by atoms with Crippen LogP contribution in [0.15, 0.2) is 57.7 Å². The van der Waals surface area contributed by atoms with E-state index in [1.165, 1.54) is 48.5 Å². The number of benzene rings is 2. The number of amides is 1. The minimum Gasteiger partial charge on any atom is -0.423 e. The first kappa shape index (κ1) is 20.7. The highest BCUT2D eigenvalue weighted by Crippen LogP contribution is 2.24. The van der Waals surface area contributed by atoms with Gasteiger partial charge in [-0.25, -0.2) is 9.59 Å². The van der Waals surface area contributed by atoms with Crippen LogP contribution in [0.1, 0.15) is 41.0 Å². The molecule has 3 aromatic rings. The molecule has 1 amide bonds. The lowest BCUT2D eigenvalue weighted by Crippen LogP contribution is -2.34. The smallest absolute Gasteiger partial charge is 0.350 e. The van der Waals surface area contributed by atoms with E-state index >= 15 is 0 Å². The molecule has 0 aliphatic carbocycles. The Kier molecular flexibility index (Phi) is 5.91. The maximum atomic E-state index is 12.3. The molecule has 0 bridgehead atoms. The number of carbonyl (C=O) groups excluding carboxylic acids is 2. The lowest BCUT2D eigenvalue weighted by Gasteiger charge is -2.11. The summed E-state index contributed by atoms with van der Waals surface area (Å²) >= 11 is 0. The van der Waals surface area contributed by atoms with Crippen LogP contribution in [-0.2, 0) is 0 Å². The van der Waals surface area contributed by atoms with Crippen LogP contribution in [0.2, 0.25) is 0 Å². The van der Waals surface area contributed by atoms with Gasteiger partial charge < -0.3 is 14.5 Å². The molecule has 0 saturated heterocycles. The topological polar surface area (TPSA) is 129 Å². The Balaban J connectivity index is 1.89. The Bertz CT molecular complexity index is 1200. The van der Waals surface area contributed by atoms with Crippen molar-refractivity contribution in [2.75, 3.05) is 0 Å². The van der Waals surface area contributed by atoms with Gasteiger partial charge in [-0.3, -0.25) is 14.9 Å². The van der Waals surface area contributed by atoms with Gasteiger partial charge in [0.25, 0.3) is 11.6 Å². The quantitative estimate of drug-likeness (QED) is 0.217. The first-order chi connectivity index (χ1) is 14.3. The molecule has 0 radical (unpaired) electrons. The molecule has 9 heteroatoms. The fourth-order valence-electron chi connectivity index (χ4n) is 2.68. The molecule has 1 N–H and O–H groups in total. The normalized spacial score (nSPS) is 11.7. The SMILES string of the molecule is CCC(C)NC(=O)c1cc2ccc(OC(=O)c3ccccc3[N+](=O)[O-])cc2oc1=O. The van der Waals surface area contributed by atoms with E-state index in [4.69, 9.17) is 9.15 Å². The van der Waals surface area contributed by atoms with Crippen LogP contribution in [-0.4, -0.2) is 22.8 Å². The Morgan fingerprint density at radius 1 is 1.17 bits per heavy atom. The van der Waals surface area contributed by atoms with Crippen molar-refractivity contribution in [1.29, 1.82) is 0 Å². The Labute approximate surface area is 170 Å². The predicted octanol–water partition coefficient (Wildman–Crippen LogP) is 3.45. The number of hydrogen-bond acceptors (Lipinski definition) is 7. The third-order valence-corrected chi connectivity index (χ3v) is 4.47. The summed E-state index contributed by atoms with van der Waals surface area (Å²) in [5.41, 5.74) is -1.45. The molecule has 3 rings (SSSR count). The third kappa shape index (κ3) is 4.35. The van der Waals surface area contributed by atoms with Crippen molar-refractivity contribution < 1.29 is 23.7 Å². The molecule has 1 atom stereocenters. The van der Waals surface area contributed by atoms with E-state index in [1.807, 2.05) is 13.8 Å². The van der Waals surface area contributed by atoms with Gasteiger partial charge in [0.15, 0.2) is 0 Å². The number of carbonyl (C=O) groups is 2. The largest absolute Gasteiger partial charge is 0.423 e. The van der Waals surface area contributed by atoms with Crippen LogP contribution in [0.4, 0.5) is 5.69 Å². The summed E-state index contributed by atoms with van der Waals surface area (Å²) in [7, 11) is 0. The minimum atomic E-state index is -0.923. The molecule has 1 unspecified atom stereocenters. The molecular formula is C21H18N2O7. The highest BCUT2D eigenvalue weighted by Gasteiger charge is 2.21. The van der Waals surface area contributed by atoms with Crippen LogP contribution in [0.25, 0.3) is 11.0 Å². The van der Waals surface area contributed by atoms with E-state index in [9.17, 15) is 24.5 Å². The summed E-state index contributed by atoms with van der Waals surface area (Å²) in [5.74, 6) is -1.42. The van der Waals surface area contributed by atoms with Crippen LogP contribution in [0.3, 0.4) is 0 Å². The average molecular weight is 410 g/mol. The van der Waals surface area contributed by atoms with Crippen molar-refractivity contribution in [1.82, 2.24) is 5.32 Å². The van der Waals surface area contributed by atoms with Crippen molar-refractivity contribution in [2.45, 2.75) is 26.3 Å². The number of nitro groups is 1. The molecular weight excluding hydrogens is 392 g/mol. The Morgan fingerprint density at radius 2 is 1.90 bits per heavy atom. The number of rotatable bonds is 6. The molecule has 0 aliphatic rings. The van der Waals surface area contributed by atoms with E-state index in [1.54, 1.807) is 0 Å². The zero-order valence-corrected chi connectivity index (χ0v) is 16.2. The molecule has 30 heavy (non-hydrogen) atoms. The van der Waals surface area contributed by atoms with Gasteiger partial charge in [-0.2, -0.15) is 0 Å². The number of nitrogens with zero attached hydrogens (tertiary/aromatic N) is 1. The van der Waals surface area contributed by atoms with Gasteiger partial charge in [-0.05, 0) is 37.6 Å². The number of nitro benzene ring substituents is 1. The van der Waals surface area contributed by atoms with E-state index < -0.39 is 22.4 Å². The summed E-state index contributed by atoms with van der Waals surface area (Å²) in [6.07, 6.45) is 0.707. The van der Waals surface area contributed by atoms with Crippen molar-refractivity contribution in [3.63, 3.8) is 0 Å². The number of para-hydroxylation sites is 1. The maximum Gasteiger partial charge on any atom is 0.350 e. The molecule has 154 valence electrons. The molecule has 1 aromatic heterocycles. The molecule has 0 saturated carbocycles. The lowest BCUT2D eigenvalue weighted by molar-refractivity contribution is -0.385. The summed E-state index contributed by atoms with van der Waals surface area (Å²) in [6.45, 7) is 3.72. The van der Waals surface area contributed by atoms with Gasteiger partial charge >= 0.3 is 11.6 Å². The summed E-state index contributed by atoms with van der Waals surface area (Å²) in [4.78, 5) is 47.2. The highest BCUT2D eigenvalue weighted by molar-refractivity contribution is 5.97. The average Bonchev–Trinajstić information content (AvgIpc) is 2.72. The first-order valence-corrected chi connectivity index (χ1v) is 9.14. The first-order valence-electron chi connectivity index (χ1n) is 9.14. The molecule has 0 fully saturated rings. The molecule has 0 aliphatic heterocycles. The van der Waals surface area contributed by atoms with Gasteiger partial charge in [0, 0.05) is 23.6 Å². The monoisotopic (exact) mass is 410 g/mol. The second-order valence-electron chi connectivity index (χ2n) is 6.59. The van der Waals surface area contributed by atoms with E-state index in [2.05, 4.69) is 5.32 Å². The number of ether oxygens (including phenoxy) is 1. The minimum absolute atomic E-state index is 0.0330. The maximum absolute atomic E-state index is 12.3. The second-order valence-corrected chi connectivity index (χ2v) is 6.59. The van der Waals surface area contributed by atoms with E-state index in [-0.39, 0.29) is 34.2 Å². The van der Waals surface area contributed by atoms with E-state index in [0.717, 1.165) is 0 Å². The summed E-state index contributed by atoms with van der Waals surface area (Å²) in [5, 5.41) is 14.2. The highest BCUT2D eigenvalue weighted by atomic mass is 16.6. The zero-order valence-electron chi connectivity index (χ0n) is 16.2. The standard InChI is InChI=1S/C21H18N2O7/c1-3-12(2)22-19(24)16-10-13-8-9-14(11-18(13)30-21(16)26)29-20(25)15-6-4-5-7-17(15)23(27)28/h4-12H,3H2,1-2H3,(H,22,24). The predicted molar refractivity (Wildman–Crippen MR) is 108 cm³/mol. The van der Waals surface area contributed by atoms with Crippen LogP contribution >= 0.6 is 0 Å². The lowest BCUT2D eigenvalue weighted by atomic mass is 10.1. The summed E-state index contributed by atoms with van der Waals surface area (Å²) < 4.78 is 10.4. The zero-order chi connectivity index (χ0) is 21.8. The number of nitrogens with one attached hydrogen (secondary N) is 1. The fourth-order valence-corrected chi connectivity index (χ4v) is 2.68. The second kappa shape index (κ2) is 8.56. The van der Waals surface area contributed by atoms with Gasteiger partial charge in [-0.1, -0.05) is 19.1 Å². The summed E-state index contributed by atoms with van der Waals surface area (Å²) in [6, 6.07) is 10.9. The van der Waals surface area contributed by atoms with Crippen molar-refractivity contribution in [3.8, 4) is 5.75 Å². The molecule has 9 nitrogen and oxygen atoms in total. The third-order valence-electron chi connectivity index (χ3n) is 4.47. The Hall–Kier alpha value is -4.01. The Morgan fingerprint density at radius 3 is 2.60 bits per heavy atom. The number of fused-ring (bicyclic) bond motifs is 1.